The van der Waals surface area contributed by atoms with Gasteiger partial charge in [0.05, 0.1) is 12.6 Å². The maximum absolute atomic E-state index is 11.7. The predicted molar refractivity (Wildman–Crippen MR) is 58.6 cm³/mol. The fraction of sp³-hybridized carbons (Fsp3) is 0.727. The smallest absolute Gasteiger partial charge is 0.240 e. The second kappa shape index (κ2) is 7.40. The summed E-state index contributed by atoms with van der Waals surface area (Å²) in [6, 6.07) is -0.386. The molecule has 14 heavy (non-hydrogen) atoms. The second-order valence-electron chi connectivity index (χ2n) is 3.31. The number of hydrogen-bond acceptors (Lipinski definition) is 2. The molecule has 0 aromatic carbocycles. The van der Waals surface area contributed by atoms with E-state index in [9.17, 15) is 4.79 Å². The Morgan fingerprint density at radius 2 is 2.21 bits per heavy atom. The van der Waals surface area contributed by atoms with E-state index in [0.29, 0.717) is 13.1 Å². The first-order chi connectivity index (χ1) is 6.67. The van der Waals surface area contributed by atoms with Crippen LogP contribution in [0, 0.1) is 12.3 Å². The lowest BCUT2D eigenvalue weighted by molar-refractivity contribution is -0.131. The molecule has 1 amide bonds. The van der Waals surface area contributed by atoms with Gasteiger partial charge in [0.15, 0.2) is 0 Å². The summed E-state index contributed by atoms with van der Waals surface area (Å²) >= 11 is 0. The van der Waals surface area contributed by atoms with Crippen LogP contribution in [0.15, 0.2) is 0 Å². The Balaban J connectivity index is 4.07. The number of hydrogen-bond donors (Lipinski definition) is 1. The summed E-state index contributed by atoms with van der Waals surface area (Å²) in [5.74, 6) is 2.43. The van der Waals surface area contributed by atoms with Gasteiger partial charge in [-0.2, -0.15) is 0 Å². The van der Waals surface area contributed by atoms with E-state index >= 15 is 0 Å². The number of carbonyl (C=O) groups excluding carboxylic acids is 1. The van der Waals surface area contributed by atoms with E-state index in [2.05, 4.69) is 12.8 Å². The van der Waals surface area contributed by atoms with Crippen LogP contribution in [-0.2, 0) is 4.79 Å². The Labute approximate surface area is 86.6 Å². The minimum atomic E-state index is -0.386. The van der Waals surface area contributed by atoms with Crippen LogP contribution in [0.2, 0.25) is 0 Å². The molecule has 3 nitrogen and oxygen atoms in total. The highest BCUT2D eigenvalue weighted by molar-refractivity contribution is 5.81. The molecule has 0 spiro atoms. The minimum absolute atomic E-state index is 0.0288. The fourth-order valence-corrected chi connectivity index (χ4v) is 1.24. The van der Waals surface area contributed by atoms with Crippen LogP contribution in [0.3, 0.4) is 0 Å². The maximum Gasteiger partial charge on any atom is 0.240 e. The predicted octanol–water partition coefficient (Wildman–Crippen LogP) is 0.986. The van der Waals surface area contributed by atoms with E-state index in [0.717, 1.165) is 19.3 Å². The van der Waals surface area contributed by atoms with Crippen molar-refractivity contribution in [2.75, 3.05) is 13.1 Å². The normalized spacial score (nSPS) is 11.9. The number of terminal acetylenes is 1. The van der Waals surface area contributed by atoms with Crippen LogP contribution in [-0.4, -0.2) is 29.9 Å². The topological polar surface area (TPSA) is 46.3 Å². The third-order valence-electron chi connectivity index (χ3n) is 2.16. The van der Waals surface area contributed by atoms with Gasteiger partial charge >= 0.3 is 0 Å². The SMILES string of the molecule is C#CCN(CC)C(=O)C(N)CCCC. The summed E-state index contributed by atoms with van der Waals surface area (Å²) in [6.45, 7) is 4.97. The van der Waals surface area contributed by atoms with Crippen LogP contribution in [0.4, 0.5) is 0 Å². The van der Waals surface area contributed by atoms with Crippen molar-refractivity contribution in [3.63, 3.8) is 0 Å². The molecule has 0 fully saturated rings. The summed E-state index contributed by atoms with van der Waals surface area (Å²) in [4.78, 5) is 13.3. The molecule has 0 aliphatic rings. The van der Waals surface area contributed by atoms with Gasteiger partial charge in [0.1, 0.15) is 0 Å². The van der Waals surface area contributed by atoms with Gasteiger partial charge < -0.3 is 10.6 Å². The van der Waals surface area contributed by atoms with E-state index in [4.69, 9.17) is 12.2 Å². The maximum atomic E-state index is 11.7. The summed E-state index contributed by atoms with van der Waals surface area (Å²) in [5.41, 5.74) is 5.75. The average molecular weight is 196 g/mol. The molecule has 0 aromatic heterocycles. The Morgan fingerprint density at radius 3 is 2.64 bits per heavy atom. The molecule has 2 N–H and O–H groups in total. The first kappa shape index (κ1) is 13.0. The molecule has 0 aromatic rings. The number of likely N-dealkylation sites (N-methyl/N-ethyl adjacent to an activating group) is 1. The van der Waals surface area contributed by atoms with Crippen LogP contribution >= 0.6 is 0 Å². The number of nitrogens with two attached hydrogens (primary N) is 1. The Hall–Kier alpha value is -1.01. The van der Waals surface area contributed by atoms with Gasteiger partial charge in [-0.25, -0.2) is 0 Å². The molecule has 0 rings (SSSR count). The summed E-state index contributed by atoms with van der Waals surface area (Å²) in [6.07, 6.45) is 7.95. The van der Waals surface area contributed by atoms with Gasteiger partial charge in [-0.1, -0.05) is 25.7 Å². The Bertz CT molecular complexity index is 208. The number of amides is 1. The average Bonchev–Trinajstić information content (AvgIpc) is 2.21. The van der Waals surface area contributed by atoms with E-state index < -0.39 is 0 Å². The highest BCUT2D eigenvalue weighted by atomic mass is 16.2. The third kappa shape index (κ3) is 4.29. The second-order valence-corrected chi connectivity index (χ2v) is 3.31. The zero-order valence-electron chi connectivity index (χ0n) is 9.12. The van der Waals surface area contributed by atoms with Crippen molar-refractivity contribution in [3.8, 4) is 12.3 Å². The number of rotatable bonds is 6. The first-order valence-corrected chi connectivity index (χ1v) is 5.15. The molecule has 0 saturated heterocycles. The van der Waals surface area contributed by atoms with Crippen LogP contribution in [0.25, 0.3) is 0 Å². The molecule has 80 valence electrons. The Kier molecular flexibility index (Phi) is 6.87. The van der Waals surface area contributed by atoms with Crippen LogP contribution in [0.5, 0.6) is 0 Å². The molecule has 0 radical (unpaired) electrons. The number of carbonyl (C=O) groups is 1. The quantitative estimate of drug-likeness (QED) is 0.644. The van der Waals surface area contributed by atoms with Crippen molar-refractivity contribution in [3.05, 3.63) is 0 Å². The lowest BCUT2D eigenvalue weighted by atomic mass is 10.1. The van der Waals surface area contributed by atoms with Crippen molar-refractivity contribution in [1.29, 1.82) is 0 Å². The molecular weight excluding hydrogens is 176 g/mol. The van der Waals surface area contributed by atoms with Crippen LogP contribution in [0.1, 0.15) is 33.1 Å². The molecule has 0 aliphatic carbocycles. The molecule has 1 unspecified atom stereocenters. The van der Waals surface area contributed by atoms with Gasteiger partial charge in [0, 0.05) is 6.54 Å². The fourth-order valence-electron chi connectivity index (χ4n) is 1.24. The van der Waals surface area contributed by atoms with Crippen molar-refractivity contribution in [1.82, 2.24) is 4.90 Å². The zero-order valence-corrected chi connectivity index (χ0v) is 9.12. The number of nitrogens with zero attached hydrogens (tertiary/aromatic N) is 1. The minimum Gasteiger partial charge on any atom is -0.330 e. The molecule has 1 atom stereocenters. The largest absolute Gasteiger partial charge is 0.330 e. The van der Waals surface area contributed by atoms with Crippen molar-refractivity contribution < 1.29 is 4.79 Å². The molecule has 3 heteroatoms. The van der Waals surface area contributed by atoms with E-state index in [1.165, 1.54) is 0 Å². The third-order valence-corrected chi connectivity index (χ3v) is 2.16. The molecule has 0 saturated carbocycles. The molecular formula is C11H20N2O. The van der Waals surface area contributed by atoms with Gasteiger partial charge in [-0.05, 0) is 13.3 Å². The van der Waals surface area contributed by atoms with Crippen molar-refractivity contribution >= 4 is 5.91 Å². The van der Waals surface area contributed by atoms with E-state index in [-0.39, 0.29) is 11.9 Å². The van der Waals surface area contributed by atoms with Crippen molar-refractivity contribution in [2.45, 2.75) is 39.2 Å². The molecule has 0 aliphatic heterocycles. The molecule has 0 heterocycles. The zero-order chi connectivity index (χ0) is 11.0. The Morgan fingerprint density at radius 1 is 1.57 bits per heavy atom. The molecule has 0 bridgehead atoms. The highest BCUT2D eigenvalue weighted by Gasteiger charge is 2.17. The van der Waals surface area contributed by atoms with Gasteiger partial charge in [-0.15, -0.1) is 6.42 Å². The standard InChI is InChI=1S/C11H20N2O/c1-4-7-8-10(12)11(14)13(6-3)9-5-2/h2,10H,4,6-9,12H2,1,3H3. The van der Waals surface area contributed by atoms with Crippen LogP contribution < -0.4 is 5.73 Å². The summed E-state index contributed by atoms with van der Waals surface area (Å²) < 4.78 is 0. The lowest BCUT2D eigenvalue weighted by Gasteiger charge is -2.21. The van der Waals surface area contributed by atoms with Gasteiger partial charge in [0.25, 0.3) is 0 Å². The monoisotopic (exact) mass is 196 g/mol. The first-order valence-electron chi connectivity index (χ1n) is 5.15. The highest BCUT2D eigenvalue weighted by Crippen LogP contribution is 2.02. The van der Waals surface area contributed by atoms with Gasteiger partial charge in [-0.3, -0.25) is 4.79 Å². The van der Waals surface area contributed by atoms with E-state index in [1.54, 1.807) is 4.90 Å². The summed E-state index contributed by atoms with van der Waals surface area (Å²) in [5, 5.41) is 0. The van der Waals surface area contributed by atoms with Crippen molar-refractivity contribution in [2.24, 2.45) is 5.73 Å². The van der Waals surface area contributed by atoms with Gasteiger partial charge in [0.2, 0.25) is 5.91 Å². The number of unbranched alkanes of at least 4 members (excludes halogenated alkanes) is 1. The lowest BCUT2D eigenvalue weighted by Crippen LogP contribution is -2.43. The summed E-state index contributed by atoms with van der Waals surface area (Å²) in [7, 11) is 0. The van der Waals surface area contributed by atoms with E-state index in [1.807, 2.05) is 6.92 Å².